The molecule has 3 heteroatoms. The quantitative estimate of drug-likeness (QED) is 0.731. The van der Waals surface area contributed by atoms with Gasteiger partial charge >= 0.3 is 0 Å². The molecule has 0 N–H and O–H groups in total. The van der Waals surface area contributed by atoms with E-state index >= 15 is 0 Å². The third-order valence-corrected chi connectivity index (χ3v) is 1.84. The number of hydrogen-bond donors (Lipinski definition) is 0. The number of aryl methyl sites for hydroxylation is 1. The molecule has 1 heterocycles. The van der Waals surface area contributed by atoms with Crippen LogP contribution in [0.25, 0.3) is 6.08 Å². The second-order valence-electron chi connectivity index (χ2n) is 2.85. The zero-order valence-electron chi connectivity index (χ0n) is 8.32. The van der Waals surface area contributed by atoms with E-state index in [1.54, 1.807) is 13.3 Å². The van der Waals surface area contributed by atoms with Gasteiger partial charge in [0.25, 0.3) is 0 Å². The number of pyridine rings is 1. The van der Waals surface area contributed by atoms with Crippen LogP contribution in [0.1, 0.15) is 17.5 Å². The molecular formula is C11H12N2O. The van der Waals surface area contributed by atoms with Crippen molar-refractivity contribution in [2.75, 3.05) is 7.11 Å². The summed E-state index contributed by atoms with van der Waals surface area (Å²) in [6.07, 6.45) is 5.87. The fraction of sp³-hybridized carbons (Fsp3) is 0.273. The zero-order valence-corrected chi connectivity index (χ0v) is 8.32. The van der Waals surface area contributed by atoms with Crippen LogP contribution in [0.5, 0.6) is 5.88 Å². The van der Waals surface area contributed by atoms with Crippen molar-refractivity contribution >= 4 is 6.08 Å². The maximum Gasteiger partial charge on any atom is 0.213 e. The lowest BCUT2D eigenvalue weighted by Gasteiger charge is -2.02. The number of methoxy groups -OCH3 is 1. The number of aromatic nitrogens is 1. The number of allylic oxidation sites excluding steroid dienone is 1. The van der Waals surface area contributed by atoms with Gasteiger partial charge in [-0.05, 0) is 18.1 Å². The van der Waals surface area contributed by atoms with Crippen LogP contribution in [-0.2, 0) is 0 Å². The van der Waals surface area contributed by atoms with Crippen molar-refractivity contribution in [3.05, 3.63) is 29.5 Å². The number of rotatable bonds is 3. The lowest BCUT2D eigenvalue weighted by Crippen LogP contribution is -1.90. The fourth-order valence-corrected chi connectivity index (χ4v) is 1.07. The first-order valence-corrected chi connectivity index (χ1v) is 4.32. The van der Waals surface area contributed by atoms with Crippen LogP contribution in [0.15, 0.2) is 18.3 Å². The maximum absolute atomic E-state index is 8.36. The Morgan fingerprint density at radius 3 is 3.00 bits per heavy atom. The molecule has 0 aliphatic heterocycles. The summed E-state index contributed by atoms with van der Waals surface area (Å²) < 4.78 is 4.99. The summed E-state index contributed by atoms with van der Waals surface area (Å²) in [4.78, 5) is 4.08. The minimum absolute atomic E-state index is 0.422. The topological polar surface area (TPSA) is 45.9 Å². The van der Waals surface area contributed by atoms with E-state index in [0.29, 0.717) is 12.3 Å². The van der Waals surface area contributed by atoms with Crippen LogP contribution < -0.4 is 4.74 Å². The van der Waals surface area contributed by atoms with Crippen molar-refractivity contribution in [1.82, 2.24) is 4.98 Å². The highest BCUT2D eigenvalue weighted by molar-refractivity contribution is 5.53. The van der Waals surface area contributed by atoms with E-state index < -0.39 is 0 Å². The van der Waals surface area contributed by atoms with Gasteiger partial charge in [-0.3, -0.25) is 0 Å². The normalized spacial score (nSPS) is 10.1. The van der Waals surface area contributed by atoms with Gasteiger partial charge in [-0.25, -0.2) is 4.98 Å². The SMILES string of the molecule is COc1cc(C)c(C=CCC#N)cn1. The summed E-state index contributed by atoms with van der Waals surface area (Å²) in [7, 11) is 1.59. The highest BCUT2D eigenvalue weighted by atomic mass is 16.5. The molecule has 0 atom stereocenters. The van der Waals surface area contributed by atoms with Gasteiger partial charge in [0.2, 0.25) is 5.88 Å². The molecule has 0 saturated carbocycles. The van der Waals surface area contributed by atoms with E-state index in [0.717, 1.165) is 11.1 Å². The molecule has 0 radical (unpaired) electrons. The summed E-state index contributed by atoms with van der Waals surface area (Å²) in [6, 6.07) is 3.92. The minimum Gasteiger partial charge on any atom is -0.481 e. The van der Waals surface area contributed by atoms with Gasteiger partial charge in [0.05, 0.1) is 19.6 Å². The van der Waals surface area contributed by atoms with Gasteiger partial charge in [0.1, 0.15) is 0 Å². The molecule has 0 aliphatic rings. The Bertz CT molecular complexity index is 377. The third-order valence-electron chi connectivity index (χ3n) is 1.84. The molecule has 0 aliphatic carbocycles. The summed E-state index contributed by atoms with van der Waals surface area (Å²) in [5.41, 5.74) is 2.10. The Hall–Kier alpha value is -1.82. The molecule has 1 aromatic rings. The van der Waals surface area contributed by atoms with E-state index in [4.69, 9.17) is 10.00 Å². The van der Waals surface area contributed by atoms with E-state index in [2.05, 4.69) is 4.98 Å². The average molecular weight is 188 g/mol. The van der Waals surface area contributed by atoms with E-state index in [-0.39, 0.29) is 0 Å². The van der Waals surface area contributed by atoms with Crippen LogP contribution in [-0.4, -0.2) is 12.1 Å². The van der Waals surface area contributed by atoms with Gasteiger partial charge in [0, 0.05) is 12.3 Å². The van der Waals surface area contributed by atoms with Gasteiger partial charge in [-0.2, -0.15) is 5.26 Å². The van der Waals surface area contributed by atoms with E-state index in [1.807, 2.05) is 31.2 Å². The van der Waals surface area contributed by atoms with Gasteiger partial charge < -0.3 is 4.74 Å². The standard InChI is InChI=1S/C11H12N2O/c1-9-7-11(14-2)13-8-10(9)5-3-4-6-12/h3,5,7-8H,4H2,1-2H3. The summed E-state index contributed by atoms with van der Waals surface area (Å²) in [5.74, 6) is 0.611. The third kappa shape index (κ3) is 2.60. The van der Waals surface area contributed by atoms with Crippen molar-refractivity contribution in [3.8, 4) is 11.9 Å². The Labute approximate surface area is 83.7 Å². The Morgan fingerprint density at radius 1 is 1.64 bits per heavy atom. The second kappa shape index (κ2) is 5.03. The molecule has 0 bridgehead atoms. The summed E-state index contributed by atoms with van der Waals surface area (Å²) >= 11 is 0. The molecule has 0 amide bonds. The van der Waals surface area contributed by atoms with Gasteiger partial charge in [-0.1, -0.05) is 12.2 Å². The lowest BCUT2D eigenvalue weighted by molar-refractivity contribution is 0.397. The van der Waals surface area contributed by atoms with Crippen molar-refractivity contribution < 1.29 is 4.74 Å². The number of ether oxygens (including phenoxy) is 1. The molecule has 14 heavy (non-hydrogen) atoms. The van der Waals surface area contributed by atoms with Crippen LogP contribution in [0.3, 0.4) is 0 Å². The smallest absolute Gasteiger partial charge is 0.213 e. The Kier molecular flexibility index (Phi) is 3.69. The monoisotopic (exact) mass is 188 g/mol. The maximum atomic E-state index is 8.36. The molecule has 1 rings (SSSR count). The Morgan fingerprint density at radius 2 is 2.43 bits per heavy atom. The molecule has 3 nitrogen and oxygen atoms in total. The first-order valence-electron chi connectivity index (χ1n) is 4.32. The second-order valence-corrected chi connectivity index (χ2v) is 2.85. The molecule has 0 aromatic carbocycles. The zero-order chi connectivity index (χ0) is 10.4. The van der Waals surface area contributed by atoms with Gasteiger partial charge in [0.15, 0.2) is 0 Å². The summed E-state index contributed by atoms with van der Waals surface area (Å²) in [5, 5.41) is 8.36. The number of nitriles is 1. The summed E-state index contributed by atoms with van der Waals surface area (Å²) in [6.45, 7) is 1.98. The fourth-order valence-electron chi connectivity index (χ4n) is 1.07. The van der Waals surface area contributed by atoms with E-state index in [9.17, 15) is 0 Å². The lowest BCUT2D eigenvalue weighted by atomic mass is 10.1. The molecule has 0 unspecified atom stereocenters. The first kappa shape index (κ1) is 10.3. The van der Waals surface area contributed by atoms with Crippen LogP contribution in [0, 0.1) is 18.3 Å². The molecule has 0 saturated heterocycles. The van der Waals surface area contributed by atoms with Crippen molar-refractivity contribution in [2.24, 2.45) is 0 Å². The number of hydrogen-bond acceptors (Lipinski definition) is 3. The molecule has 1 aromatic heterocycles. The highest BCUT2D eigenvalue weighted by Gasteiger charge is 1.97. The van der Waals surface area contributed by atoms with Crippen LogP contribution in [0.2, 0.25) is 0 Å². The highest BCUT2D eigenvalue weighted by Crippen LogP contribution is 2.14. The molecular weight excluding hydrogens is 176 g/mol. The van der Waals surface area contributed by atoms with E-state index in [1.165, 1.54) is 0 Å². The predicted molar refractivity (Wildman–Crippen MR) is 54.8 cm³/mol. The average Bonchev–Trinajstić information content (AvgIpc) is 2.20. The van der Waals surface area contributed by atoms with Crippen molar-refractivity contribution in [1.29, 1.82) is 5.26 Å². The molecule has 0 fully saturated rings. The van der Waals surface area contributed by atoms with Crippen molar-refractivity contribution in [3.63, 3.8) is 0 Å². The van der Waals surface area contributed by atoms with Crippen LogP contribution >= 0.6 is 0 Å². The number of nitrogens with zero attached hydrogens (tertiary/aromatic N) is 2. The van der Waals surface area contributed by atoms with Crippen molar-refractivity contribution in [2.45, 2.75) is 13.3 Å². The molecule has 72 valence electrons. The predicted octanol–water partition coefficient (Wildman–Crippen LogP) is 2.33. The largest absolute Gasteiger partial charge is 0.481 e. The molecule has 0 spiro atoms. The minimum atomic E-state index is 0.422. The van der Waals surface area contributed by atoms with Crippen LogP contribution in [0.4, 0.5) is 0 Å². The van der Waals surface area contributed by atoms with Gasteiger partial charge in [-0.15, -0.1) is 0 Å². The first-order chi connectivity index (χ1) is 6.77. The Balaban J connectivity index is 2.85.